The maximum atomic E-state index is 9.53. The van der Waals surface area contributed by atoms with Crippen LogP contribution in [0.3, 0.4) is 0 Å². The minimum absolute atomic E-state index is 0. The summed E-state index contributed by atoms with van der Waals surface area (Å²) in [5.74, 6) is 0. The molecular weight excluding hydrogens is 557 g/mol. The SMILES string of the molecule is C1CCOC1.C1CCOC1.CC(C)[O-].CC(C)[O-].CC(C)[O-].[Cl-].[Cl][Ti]([Cl])([Cl])[Cl].[Ti+4]. The van der Waals surface area contributed by atoms with Gasteiger partial charge in [-0.15, -0.1) is 18.3 Å². The van der Waals surface area contributed by atoms with E-state index >= 15 is 0 Å². The van der Waals surface area contributed by atoms with E-state index in [0.717, 1.165) is 26.4 Å². The fraction of sp³-hybridized carbons (Fsp3) is 1.00. The van der Waals surface area contributed by atoms with Crippen molar-refractivity contribution in [1.82, 2.24) is 0 Å². The van der Waals surface area contributed by atoms with E-state index in [0.29, 0.717) is 0 Å². The zero-order valence-corrected chi connectivity index (χ0v) is 25.2. The van der Waals surface area contributed by atoms with E-state index in [9.17, 15) is 15.3 Å². The minimum Gasteiger partial charge on any atom is 4.00 e. The molecule has 2 aliphatic rings. The maximum absolute atomic E-state index is 9.53. The third-order valence-electron chi connectivity index (χ3n) is 1.65. The molecule has 0 spiro atoms. The molecule has 0 bridgehead atoms. The largest absolute Gasteiger partial charge is 4.00 e. The van der Waals surface area contributed by atoms with Gasteiger partial charge >= 0.3 is 71.3 Å². The molecule has 178 valence electrons. The molecular formula is C17H37Cl5O5Ti2. The zero-order valence-electron chi connectivity index (χ0n) is 18.3. The molecule has 0 unspecified atom stereocenters. The summed E-state index contributed by atoms with van der Waals surface area (Å²) in [7, 11) is 20.1. The Hall–Kier alpha value is 2.68. The van der Waals surface area contributed by atoms with Crippen LogP contribution >= 0.6 is 37.2 Å². The Kier molecular flexibility index (Phi) is 55.0. The van der Waals surface area contributed by atoms with Crippen molar-refractivity contribution in [3.8, 4) is 0 Å². The predicted octanol–water partition coefficient (Wildman–Crippen LogP) is 0.616. The molecule has 0 atom stereocenters. The smallest absolute Gasteiger partial charge is 4.00 e. The van der Waals surface area contributed by atoms with Gasteiger partial charge in [-0.2, -0.15) is 0 Å². The molecule has 2 aliphatic heterocycles. The van der Waals surface area contributed by atoms with Crippen molar-refractivity contribution in [1.29, 1.82) is 0 Å². The first-order chi connectivity index (χ1) is 12.2. The van der Waals surface area contributed by atoms with Crippen LogP contribution in [0.25, 0.3) is 0 Å². The molecule has 0 aromatic rings. The Morgan fingerprint density at radius 3 is 0.724 bits per heavy atom. The Balaban J connectivity index is -0.0000000542. The summed E-state index contributed by atoms with van der Waals surface area (Å²) in [6, 6.07) is 0. The summed E-state index contributed by atoms with van der Waals surface area (Å²) in [6.07, 6.45) is 3.86. The molecule has 12 heteroatoms. The second kappa shape index (κ2) is 35.3. The fourth-order valence-electron chi connectivity index (χ4n) is 1.02. The van der Waals surface area contributed by atoms with Crippen molar-refractivity contribution in [2.75, 3.05) is 26.4 Å². The monoisotopic (exact) mass is 592 g/mol. The van der Waals surface area contributed by atoms with E-state index < -0.39 is 30.7 Å². The van der Waals surface area contributed by atoms with Crippen molar-refractivity contribution in [3.63, 3.8) is 0 Å². The van der Waals surface area contributed by atoms with E-state index in [2.05, 4.69) is 0 Å². The first kappa shape index (κ1) is 45.2. The number of hydrogen-bond donors (Lipinski definition) is 0. The molecule has 0 aromatic heterocycles. The van der Waals surface area contributed by atoms with Crippen LogP contribution < -0.4 is 27.7 Å². The summed E-state index contributed by atoms with van der Waals surface area (Å²) in [5.41, 5.74) is 0. The molecule has 0 aromatic carbocycles. The van der Waals surface area contributed by atoms with E-state index in [1.54, 1.807) is 41.5 Å². The van der Waals surface area contributed by atoms with Crippen LogP contribution in [0.2, 0.25) is 0 Å². The van der Waals surface area contributed by atoms with Gasteiger partial charge in [0, 0.05) is 26.4 Å². The van der Waals surface area contributed by atoms with Gasteiger partial charge in [-0.05, 0) is 25.7 Å². The molecule has 0 amide bonds. The van der Waals surface area contributed by atoms with Crippen molar-refractivity contribution >= 4 is 37.2 Å². The molecule has 2 saturated heterocycles. The summed E-state index contributed by atoms with van der Waals surface area (Å²) in [4.78, 5) is 0. The second-order valence-corrected chi connectivity index (χ2v) is 21.7. The minimum atomic E-state index is -3.11. The van der Waals surface area contributed by atoms with Crippen LogP contribution in [0.4, 0.5) is 0 Å². The maximum Gasteiger partial charge on any atom is 4.00 e. The van der Waals surface area contributed by atoms with Crippen LogP contribution in [-0.2, 0) is 43.5 Å². The quantitative estimate of drug-likeness (QED) is 0.384. The fourth-order valence-corrected chi connectivity index (χ4v) is 1.02. The van der Waals surface area contributed by atoms with Gasteiger partial charge < -0.3 is 37.2 Å². The van der Waals surface area contributed by atoms with E-state index in [-0.39, 0.29) is 34.1 Å². The normalized spacial score (nSPS) is 14.1. The standard InChI is InChI=1S/2C4H8O.3C3H7O.5ClH.2Ti/c2*1-2-4-5-3-1;3*1-3(2)4;;;;;;;/h2*1-4H2;3*3H,1-2H3;5*1H;;/q;;3*-1;;;;;;2*+4/p-5. The Labute approximate surface area is 218 Å². The molecule has 0 aliphatic carbocycles. The number of ether oxygens (including phenoxy) is 2. The zero-order chi connectivity index (χ0) is 22.3. The molecule has 0 saturated carbocycles. The Morgan fingerprint density at radius 1 is 0.586 bits per heavy atom. The second-order valence-electron chi connectivity index (χ2n) is 6.21. The van der Waals surface area contributed by atoms with Gasteiger partial charge in [-0.1, -0.05) is 41.5 Å². The van der Waals surface area contributed by atoms with Crippen LogP contribution in [0.15, 0.2) is 0 Å². The van der Waals surface area contributed by atoms with E-state index in [1.807, 2.05) is 0 Å². The van der Waals surface area contributed by atoms with Gasteiger partial charge in [0.1, 0.15) is 0 Å². The van der Waals surface area contributed by atoms with Gasteiger partial charge in [0.05, 0.1) is 0 Å². The van der Waals surface area contributed by atoms with Crippen molar-refractivity contribution < 1.29 is 71.3 Å². The van der Waals surface area contributed by atoms with Gasteiger partial charge in [0.2, 0.25) is 0 Å². The summed E-state index contributed by atoms with van der Waals surface area (Å²) in [6.45, 7) is 13.7. The van der Waals surface area contributed by atoms with Gasteiger partial charge in [0.25, 0.3) is 0 Å². The first-order valence-corrected chi connectivity index (χ1v) is 17.7. The Morgan fingerprint density at radius 2 is 0.690 bits per heavy atom. The number of hydrogen-bond acceptors (Lipinski definition) is 5. The van der Waals surface area contributed by atoms with Gasteiger partial charge in [-0.3, -0.25) is 0 Å². The molecule has 5 nitrogen and oxygen atoms in total. The molecule has 29 heavy (non-hydrogen) atoms. The molecule has 0 N–H and O–H groups in total. The molecule has 2 heterocycles. The predicted molar refractivity (Wildman–Crippen MR) is 109 cm³/mol. The summed E-state index contributed by atoms with van der Waals surface area (Å²) < 4.78 is 9.89. The van der Waals surface area contributed by atoms with Crippen LogP contribution in [0.1, 0.15) is 67.2 Å². The van der Waals surface area contributed by atoms with Crippen molar-refractivity contribution in [2.24, 2.45) is 0 Å². The van der Waals surface area contributed by atoms with Crippen molar-refractivity contribution in [2.45, 2.75) is 85.5 Å². The molecule has 2 fully saturated rings. The first-order valence-electron chi connectivity index (χ1n) is 9.08. The van der Waals surface area contributed by atoms with Gasteiger partial charge in [0.15, 0.2) is 0 Å². The van der Waals surface area contributed by atoms with Crippen LogP contribution in [-0.4, -0.2) is 44.7 Å². The van der Waals surface area contributed by atoms with Crippen LogP contribution in [0, 0.1) is 0 Å². The summed E-state index contributed by atoms with van der Waals surface area (Å²) >= 11 is -3.11. The van der Waals surface area contributed by atoms with Gasteiger partial charge in [-0.25, -0.2) is 0 Å². The Bertz CT molecular complexity index is 201. The summed E-state index contributed by atoms with van der Waals surface area (Å²) in [5, 5.41) is 28.6. The molecule has 0 radical (unpaired) electrons. The average molecular weight is 594 g/mol. The van der Waals surface area contributed by atoms with E-state index in [4.69, 9.17) is 46.7 Å². The number of rotatable bonds is 0. The van der Waals surface area contributed by atoms with Crippen LogP contribution in [0.5, 0.6) is 0 Å². The third-order valence-corrected chi connectivity index (χ3v) is 1.65. The van der Waals surface area contributed by atoms with Crippen molar-refractivity contribution in [3.05, 3.63) is 0 Å². The average Bonchev–Trinajstić information content (AvgIpc) is 3.14. The topological polar surface area (TPSA) is 87.6 Å². The number of halogens is 5. The van der Waals surface area contributed by atoms with E-state index in [1.165, 1.54) is 25.7 Å². The molecule has 2 rings (SSSR count). The third kappa shape index (κ3) is 157.